The summed E-state index contributed by atoms with van der Waals surface area (Å²) in [4.78, 5) is 12.7. The standard InChI is InChI=1S/C25H29BClNO4/c1-14-10-18(23-19(11-14)22(29)15(2)13-30-23)16(3)28-21-9-8-17(27)12-20(21)26-31-24(4,5)25(6,7)32-26/h8-13,16,28H,1-7H3. The molecule has 1 aromatic heterocycles. The summed E-state index contributed by atoms with van der Waals surface area (Å²) in [6.07, 6.45) is 1.52. The smallest absolute Gasteiger partial charge is 0.463 e. The number of hydrogen-bond donors (Lipinski definition) is 1. The molecule has 0 aliphatic carbocycles. The fourth-order valence-electron chi connectivity index (χ4n) is 3.98. The highest BCUT2D eigenvalue weighted by Crippen LogP contribution is 2.37. The summed E-state index contributed by atoms with van der Waals surface area (Å²) in [6, 6.07) is 9.41. The molecule has 1 unspecified atom stereocenters. The summed E-state index contributed by atoms with van der Waals surface area (Å²) in [5.74, 6) is 0. The average Bonchev–Trinajstić information content (AvgIpc) is 2.93. The topological polar surface area (TPSA) is 60.7 Å². The van der Waals surface area contributed by atoms with Crippen molar-refractivity contribution in [2.45, 2.75) is 65.7 Å². The first kappa shape index (κ1) is 22.9. The molecule has 1 atom stereocenters. The largest absolute Gasteiger partial charge is 0.497 e. The summed E-state index contributed by atoms with van der Waals surface area (Å²) >= 11 is 6.33. The van der Waals surface area contributed by atoms with Crippen LogP contribution in [0.1, 0.15) is 57.4 Å². The highest BCUT2D eigenvalue weighted by molar-refractivity contribution is 6.64. The third-order valence-corrected chi connectivity index (χ3v) is 6.81. The molecule has 0 amide bonds. The Bertz CT molecular complexity index is 1230. The third-order valence-electron chi connectivity index (χ3n) is 6.58. The van der Waals surface area contributed by atoms with E-state index in [1.807, 2.05) is 71.9 Å². The maximum Gasteiger partial charge on any atom is 0.497 e. The number of aryl methyl sites for hydroxylation is 2. The Morgan fingerprint density at radius 2 is 1.69 bits per heavy atom. The maximum absolute atomic E-state index is 12.7. The lowest BCUT2D eigenvalue weighted by molar-refractivity contribution is 0.00578. The molecule has 0 saturated carbocycles. The van der Waals surface area contributed by atoms with Crippen molar-refractivity contribution >= 4 is 40.8 Å². The van der Waals surface area contributed by atoms with Gasteiger partial charge in [-0.1, -0.05) is 17.7 Å². The number of benzene rings is 2. The van der Waals surface area contributed by atoms with E-state index in [2.05, 4.69) is 5.32 Å². The first-order valence-corrected chi connectivity index (χ1v) is 11.2. The molecule has 32 heavy (non-hydrogen) atoms. The van der Waals surface area contributed by atoms with Crippen molar-refractivity contribution in [1.82, 2.24) is 0 Å². The summed E-state index contributed by atoms with van der Waals surface area (Å²) in [6.45, 7) is 13.9. The van der Waals surface area contributed by atoms with Gasteiger partial charge in [-0.05, 0) is 78.3 Å². The lowest BCUT2D eigenvalue weighted by Crippen LogP contribution is -2.41. The van der Waals surface area contributed by atoms with E-state index in [0.717, 1.165) is 22.3 Å². The number of rotatable bonds is 4. The second kappa shape index (κ2) is 7.94. The molecule has 0 radical (unpaired) electrons. The normalized spacial score (nSPS) is 18.2. The molecule has 168 valence electrons. The van der Waals surface area contributed by atoms with Gasteiger partial charge in [-0.2, -0.15) is 0 Å². The molecule has 1 saturated heterocycles. The Labute approximate surface area is 194 Å². The molecule has 3 aromatic rings. The number of anilines is 1. The Morgan fingerprint density at radius 3 is 2.34 bits per heavy atom. The van der Waals surface area contributed by atoms with Crippen LogP contribution in [0.25, 0.3) is 11.0 Å². The van der Waals surface area contributed by atoms with Crippen molar-refractivity contribution in [3.05, 3.63) is 68.5 Å². The van der Waals surface area contributed by atoms with Crippen LogP contribution in [-0.2, 0) is 9.31 Å². The Hall–Kier alpha value is -2.28. The molecular formula is C25H29BClNO4. The highest BCUT2D eigenvalue weighted by atomic mass is 35.5. The molecule has 1 fully saturated rings. The van der Waals surface area contributed by atoms with E-state index in [4.69, 9.17) is 25.3 Å². The van der Waals surface area contributed by atoms with Crippen molar-refractivity contribution < 1.29 is 13.7 Å². The highest BCUT2D eigenvalue weighted by Gasteiger charge is 2.52. The van der Waals surface area contributed by atoms with Crippen LogP contribution in [0.4, 0.5) is 5.69 Å². The minimum absolute atomic E-state index is 0.00667. The SMILES string of the molecule is Cc1cc(C(C)Nc2ccc(Cl)cc2B2OC(C)(C)C(C)(C)O2)c2occ(C)c(=O)c2c1. The van der Waals surface area contributed by atoms with E-state index < -0.39 is 18.3 Å². The van der Waals surface area contributed by atoms with E-state index in [-0.39, 0.29) is 11.5 Å². The van der Waals surface area contributed by atoms with Gasteiger partial charge < -0.3 is 19.0 Å². The molecule has 1 aliphatic rings. The van der Waals surface area contributed by atoms with Crippen molar-refractivity contribution in [3.8, 4) is 0 Å². The van der Waals surface area contributed by atoms with Crippen molar-refractivity contribution in [3.63, 3.8) is 0 Å². The minimum atomic E-state index is -0.553. The van der Waals surface area contributed by atoms with Crippen LogP contribution in [0.15, 0.2) is 45.8 Å². The second-order valence-electron chi connectivity index (χ2n) is 9.66. The molecule has 2 heterocycles. The summed E-state index contributed by atoms with van der Waals surface area (Å²) in [5, 5.41) is 4.76. The van der Waals surface area contributed by atoms with Gasteiger partial charge in [0.25, 0.3) is 0 Å². The first-order chi connectivity index (χ1) is 14.9. The zero-order valence-electron chi connectivity index (χ0n) is 19.6. The predicted molar refractivity (Wildman–Crippen MR) is 131 cm³/mol. The number of fused-ring (bicyclic) bond motifs is 1. The third kappa shape index (κ3) is 3.96. The van der Waals surface area contributed by atoms with E-state index >= 15 is 0 Å². The van der Waals surface area contributed by atoms with Gasteiger partial charge in [-0.15, -0.1) is 0 Å². The molecule has 1 N–H and O–H groups in total. The minimum Gasteiger partial charge on any atom is -0.463 e. The zero-order chi connectivity index (χ0) is 23.4. The summed E-state index contributed by atoms with van der Waals surface area (Å²) in [5.41, 5.74) is 3.85. The van der Waals surface area contributed by atoms with Crippen LogP contribution >= 0.6 is 11.6 Å². The monoisotopic (exact) mass is 453 g/mol. The van der Waals surface area contributed by atoms with Crippen LogP contribution in [0.5, 0.6) is 0 Å². The molecule has 5 nitrogen and oxygen atoms in total. The average molecular weight is 454 g/mol. The first-order valence-electron chi connectivity index (χ1n) is 10.8. The summed E-state index contributed by atoms with van der Waals surface area (Å²) < 4.78 is 18.4. The fraction of sp³-hybridized carbons (Fsp3) is 0.400. The lowest BCUT2D eigenvalue weighted by Gasteiger charge is -2.32. The summed E-state index contributed by atoms with van der Waals surface area (Å²) in [7, 11) is -0.553. The van der Waals surface area contributed by atoms with Gasteiger partial charge in [0.05, 0.1) is 28.9 Å². The van der Waals surface area contributed by atoms with Crippen molar-refractivity contribution in [2.75, 3.05) is 5.32 Å². The van der Waals surface area contributed by atoms with E-state index in [1.165, 1.54) is 6.26 Å². The number of hydrogen-bond acceptors (Lipinski definition) is 5. The molecule has 2 aromatic carbocycles. The van der Waals surface area contributed by atoms with Gasteiger partial charge >= 0.3 is 7.12 Å². The van der Waals surface area contributed by atoms with Gasteiger partial charge in [-0.3, -0.25) is 4.79 Å². The van der Waals surface area contributed by atoms with Gasteiger partial charge in [0.2, 0.25) is 0 Å². The van der Waals surface area contributed by atoms with E-state index in [1.54, 1.807) is 6.92 Å². The Morgan fingerprint density at radius 1 is 1.03 bits per heavy atom. The van der Waals surface area contributed by atoms with E-state index in [9.17, 15) is 4.79 Å². The fourth-order valence-corrected chi connectivity index (χ4v) is 4.16. The van der Waals surface area contributed by atoms with Crippen molar-refractivity contribution in [1.29, 1.82) is 0 Å². The molecule has 1 aliphatic heterocycles. The van der Waals surface area contributed by atoms with Gasteiger partial charge in [0, 0.05) is 27.3 Å². The second-order valence-corrected chi connectivity index (χ2v) is 10.1. The molecule has 0 spiro atoms. The quantitative estimate of drug-likeness (QED) is 0.526. The molecule has 0 bridgehead atoms. The van der Waals surface area contributed by atoms with Crippen LogP contribution in [-0.4, -0.2) is 18.3 Å². The maximum atomic E-state index is 12.7. The molecule has 7 heteroatoms. The molecular weight excluding hydrogens is 425 g/mol. The van der Waals surface area contributed by atoms with Crippen LogP contribution in [0, 0.1) is 13.8 Å². The van der Waals surface area contributed by atoms with Crippen LogP contribution in [0.2, 0.25) is 5.02 Å². The molecule has 4 rings (SSSR count). The Kier molecular flexibility index (Phi) is 5.68. The number of halogens is 1. The van der Waals surface area contributed by atoms with E-state index in [0.29, 0.717) is 21.6 Å². The van der Waals surface area contributed by atoms with Gasteiger partial charge in [0.15, 0.2) is 5.43 Å². The predicted octanol–water partition coefficient (Wildman–Crippen LogP) is 5.54. The van der Waals surface area contributed by atoms with Gasteiger partial charge in [0.1, 0.15) is 5.58 Å². The van der Waals surface area contributed by atoms with Gasteiger partial charge in [-0.25, -0.2) is 0 Å². The van der Waals surface area contributed by atoms with Crippen LogP contribution in [0.3, 0.4) is 0 Å². The lowest BCUT2D eigenvalue weighted by atomic mass is 9.77. The van der Waals surface area contributed by atoms with Crippen LogP contribution < -0.4 is 16.2 Å². The van der Waals surface area contributed by atoms with Crippen molar-refractivity contribution in [2.24, 2.45) is 0 Å². The number of nitrogens with one attached hydrogen (secondary N) is 1. The zero-order valence-corrected chi connectivity index (χ0v) is 20.4. The Balaban J connectivity index is 1.74.